The first-order valence-electron chi connectivity index (χ1n) is 5.36. The van der Waals surface area contributed by atoms with Crippen LogP contribution in [-0.4, -0.2) is 12.6 Å². The quantitative estimate of drug-likeness (QED) is 0.810. The number of hydrogen-bond donors (Lipinski definition) is 1. The van der Waals surface area contributed by atoms with Crippen molar-refractivity contribution in [1.29, 1.82) is 0 Å². The van der Waals surface area contributed by atoms with Gasteiger partial charge >= 0.3 is 0 Å². The molecule has 2 N–H and O–H groups in total. The Balaban J connectivity index is 2.27. The topological polar surface area (TPSA) is 35.2 Å². The minimum absolute atomic E-state index is 0.126. The highest BCUT2D eigenvalue weighted by Crippen LogP contribution is 2.15. The fraction of sp³-hybridized carbons (Fsp3) is 0.500. The van der Waals surface area contributed by atoms with Gasteiger partial charge in [0.25, 0.3) is 0 Å². The molecule has 0 aliphatic heterocycles. The van der Waals surface area contributed by atoms with Crippen molar-refractivity contribution < 1.29 is 4.74 Å². The highest BCUT2D eigenvalue weighted by atomic mass is 35.5. The van der Waals surface area contributed by atoms with E-state index in [0.29, 0.717) is 6.61 Å². The Labute approximate surface area is 96.4 Å². The molecule has 0 fully saturated rings. The maximum Gasteiger partial charge on any atom is 0.119 e. The summed E-state index contributed by atoms with van der Waals surface area (Å²) in [7, 11) is 0. The third kappa shape index (κ3) is 5.05. The first-order chi connectivity index (χ1) is 7.22. The van der Waals surface area contributed by atoms with E-state index in [9.17, 15) is 0 Å². The predicted octanol–water partition coefficient (Wildman–Crippen LogP) is 3.24. The normalized spacial score (nSPS) is 12.5. The second kappa shape index (κ2) is 6.70. The summed E-state index contributed by atoms with van der Waals surface area (Å²) >= 11 is 5.76. The van der Waals surface area contributed by atoms with Crippen molar-refractivity contribution in [2.45, 2.75) is 32.2 Å². The van der Waals surface area contributed by atoms with E-state index in [1.165, 1.54) is 6.42 Å². The van der Waals surface area contributed by atoms with Gasteiger partial charge in [-0.3, -0.25) is 0 Å². The fourth-order valence-electron chi connectivity index (χ4n) is 1.28. The monoisotopic (exact) mass is 227 g/mol. The van der Waals surface area contributed by atoms with E-state index in [0.717, 1.165) is 23.6 Å². The van der Waals surface area contributed by atoms with Crippen LogP contribution in [0.1, 0.15) is 26.2 Å². The molecule has 1 unspecified atom stereocenters. The third-order valence-electron chi connectivity index (χ3n) is 2.21. The Bertz CT molecular complexity index is 273. The number of rotatable bonds is 6. The molecule has 0 saturated carbocycles. The molecule has 1 atom stereocenters. The van der Waals surface area contributed by atoms with Crippen LogP contribution in [0.15, 0.2) is 24.3 Å². The van der Waals surface area contributed by atoms with Crippen molar-refractivity contribution >= 4 is 11.6 Å². The SMILES string of the molecule is CCCCC(N)COc1ccc(Cl)cc1. The Morgan fingerprint density at radius 1 is 1.33 bits per heavy atom. The molecule has 84 valence electrons. The maximum absolute atomic E-state index is 5.89. The lowest BCUT2D eigenvalue weighted by atomic mass is 10.1. The van der Waals surface area contributed by atoms with E-state index in [1.54, 1.807) is 0 Å². The Morgan fingerprint density at radius 2 is 2.00 bits per heavy atom. The summed E-state index contributed by atoms with van der Waals surface area (Å²) in [4.78, 5) is 0. The molecule has 3 heteroatoms. The molecule has 0 bridgehead atoms. The van der Waals surface area contributed by atoms with Crippen LogP contribution in [0.3, 0.4) is 0 Å². The zero-order chi connectivity index (χ0) is 11.1. The molecule has 0 radical (unpaired) electrons. The van der Waals surface area contributed by atoms with Crippen molar-refractivity contribution in [1.82, 2.24) is 0 Å². The highest BCUT2D eigenvalue weighted by Gasteiger charge is 2.02. The first-order valence-corrected chi connectivity index (χ1v) is 5.74. The van der Waals surface area contributed by atoms with Gasteiger partial charge in [0, 0.05) is 11.1 Å². The van der Waals surface area contributed by atoms with E-state index < -0.39 is 0 Å². The molecule has 1 rings (SSSR count). The second-order valence-corrected chi connectivity index (χ2v) is 4.10. The standard InChI is InChI=1S/C12H18ClNO/c1-2-3-4-11(14)9-15-12-7-5-10(13)6-8-12/h5-8,11H,2-4,9,14H2,1H3. The molecular weight excluding hydrogens is 210 g/mol. The summed E-state index contributed by atoms with van der Waals surface area (Å²) in [6.45, 7) is 2.73. The van der Waals surface area contributed by atoms with Gasteiger partial charge in [0.1, 0.15) is 12.4 Å². The lowest BCUT2D eigenvalue weighted by Gasteiger charge is -2.12. The van der Waals surface area contributed by atoms with Gasteiger partial charge in [0.15, 0.2) is 0 Å². The van der Waals surface area contributed by atoms with Crippen LogP contribution in [0.5, 0.6) is 5.75 Å². The zero-order valence-corrected chi connectivity index (χ0v) is 9.83. The molecule has 0 saturated heterocycles. The summed E-state index contributed by atoms with van der Waals surface area (Å²) in [6, 6.07) is 7.47. The van der Waals surface area contributed by atoms with E-state index in [-0.39, 0.29) is 6.04 Å². The number of halogens is 1. The maximum atomic E-state index is 5.89. The van der Waals surface area contributed by atoms with Gasteiger partial charge in [-0.1, -0.05) is 31.4 Å². The van der Waals surface area contributed by atoms with Crippen LogP contribution in [0, 0.1) is 0 Å². The van der Waals surface area contributed by atoms with Gasteiger partial charge in [-0.05, 0) is 30.7 Å². The van der Waals surface area contributed by atoms with E-state index in [2.05, 4.69) is 6.92 Å². The van der Waals surface area contributed by atoms with Gasteiger partial charge in [0.2, 0.25) is 0 Å². The molecule has 0 aromatic heterocycles. The molecule has 15 heavy (non-hydrogen) atoms. The van der Waals surface area contributed by atoms with Crippen LogP contribution in [0.25, 0.3) is 0 Å². The van der Waals surface area contributed by atoms with Gasteiger partial charge in [-0.15, -0.1) is 0 Å². The second-order valence-electron chi connectivity index (χ2n) is 3.67. The smallest absolute Gasteiger partial charge is 0.119 e. The van der Waals surface area contributed by atoms with Crippen LogP contribution in [0.2, 0.25) is 5.02 Å². The molecule has 0 heterocycles. The summed E-state index contributed by atoms with van der Waals surface area (Å²) in [5, 5.41) is 0.720. The summed E-state index contributed by atoms with van der Waals surface area (Å²) < 4.78 is 5.54. The summed E-state index contributed by atoms with van der Waals surface area (Å²) in [5.74, 6) is 0.825. The Morgan fingerprint density at radius 3 is 2.60 bits per heavy atom. The fourth-order valence-corrected chi connectivity index (χ4v) is 1.41. The summed E-state index contributed by atoms with van der Waals surface area (Å²) in [6.07, 6.45) is 3.35. The molecule has 1 aromatic rings. The van der Waals surface area contributed by atoms with Crippen LogP contribution in [-0.2, 0) is 0 Å². The number of benzene rings is 1. The molecule has 0 spiro atoms. The average Bonchev–Trinajstić information content (AvgIpc) is 2.25. The minimum atomic E-state index is 0.126. The Hall–Kier alpha value is -0.730. The Kier molecular flexibility index (Phi) is 5.51. The molecule has 2 nitrogen and oxygen atoms in total. The average molecular weight is 228 g/mol. The molecular formula is C12H18ClNO. The lowest BCUT2D eigenvalue weighted by Crippen LogP contribution is -2.27. The number of nitrogens with two attached hydrogens (primary N) is 1. The predicted molar refractivity (Wildman–Crippen MR) is 64.4 cm³/mol. The molecule has 1 aromatic carbocycles. The highest BCUT2D eigenvalue weighted by molar-refractivity contribution is 6.30. The van der Waals surface area contributed by atoms with Gasteiger partial charge in [-0.25, -0.2) is 0 Å². The van der Waals surface area contributed by atoms with Crippen molar-refractivity contribution in [3.05, 3.63) is 29.3 Å². The van der Waals surface area contributed by atoms with Crippen molar-refractivity contribution in [2.75, 3.05) is 6.61 Å². The van der Waals surface area contributed by atoms with Crippen molar-refractivity contribution in [3.8, 4) is 5.75 Å². The van der Waals surface area contributed by atoms with Crippen LogP contribution >= 0.6 is 11.6 Å². The van der Waals surface area contributed by atoms with Gasteiger partial charge < -0.3 is 10.5 Å². The van der Waals surface area contributed by atoms with Crippen LogP contribution < -0.4 is 10.5 Å². The largest absolute Gasteiger partial charge is 0.492 e. The number of hydrogen-bond acceptors (Lipinski definition) is 2. The van der Waals surface area contributed by atoms with Crippen molar-refractivity contribution in [3.63, 3.8) is 0 Å². The zero-order valence-electron chi connectivity index (χ0n) is 9.08. The molecule has 0 aliphatic carbocycles. The van der Waals surface area contributed by atoms with E-state index in [4.69, 9.17) is 22.1 Å². The first kappa shape index (κ1) is 12.3. The molecule has 0 amide bonds. The number of ether oxygens (including phenoxy) is 1. The minimum Gasteiger partial charge on any atom is -0.492 e. The van der Waals surface area contributed by atoms with E-state index >= 15 is 0 Å². The summed E-state index contributed by atoms with van der Waals surface area (Å²) in [5.41, 5.74) is 5.89. The number of unbranched alkanes of at least 4 members (excludes halogenated alkanes) is 1. The van der Waals surface area contributed by atoms with Gasteiger partial charge in [0.05, 0.1) is 0 Å². The van der Waals surface area contributed by atoms with E-state index in [1.807, 2.05) is 24.3 Å². The third-order valence-corrected chi connectivity index (χ3v) is 2.46. The molecule has 0 aliphatic rings. The van der Waals surface area contributed by atoms with Crippen LogP contribution in [0.4, 0.5) is 0 Å². The lowest BCUT2D eigenvalue weighted by molar-refractivity contribution is 0.280. The van der Waals surface area contributed by atoms with Crippen molar-refractivity contribution in [2.24, 2.45) is 5.73 Å². The van der Waals surface area contributed by atoms with Gasteiger partial charge in [-0.2, -0.15) is 0 Å².